The monoisotopic (exact) mass is 456 g/mol. The van der Waals surface area contributed by atoms with Crippen molar-refractivity contribution in [1.29, 1.82) is 0 Å². The summed E-state index contributed by atoms with van der Waals surface area (Å²) < 4.78 is 14.0. The second kappa shape index (κ2) is 9.18. The van der Waals surface area contributed by atoms with E-state index in [1.165, 1.54) is 17.5 Å². The third kappa shape index (κ3) is 4.58. The first kappa shape index (κ1) is 20.8. The number of nitrogens with zero attached hydrogens (tertiary/aromatic N) is 2. The van der Waals surface area contributed by atoms with Crippen LogP contribution < -0.4 is 9.47 Å². The number of aromatic nitrogens is 2. The number of fused-ring (bicyclic) bond motifs is 1. The fourth-order valence-electron chi connectivity index (χ4n) is 3.48. The van der Waals surface area contributed by atoms with E-state index in [9.17, 15) is 9.90 Å². The molecule has 0 radical (unpaired) electrons. The number of hydrogen-bond acceptors (Lipinski definition) is 5. The zero-order chi connectivity index (χ0) is 22.6. The Hall–Kier alpha value is -4.10. The van der Waals surface area contributed by atoms with Crippen LogP contribution in [0, 0.1) is 0 Å². The van der Waals surface area contributed by atoms with Gasteiger partial charge in [-0.05, 0) is 23.3 Å². The first-order valence-corrected chi connectivity index (χ1v) is 11.2. The van der Waals surface area contributed by atoms with Crippen LogP contribution in [0.1, 0.15) is 21.6 Å². The van der Waals surface area contributed by atoms with Crippen molar-refractivity contribution in [3.05, 3.63) is 107 Å². The van der Waals surface area contributed by atoms with Gasteiger partial charge in [0, 0.05) is 23.2 Å². The van der Waals surface area contributed by atoms with Crippen molar-refractivity contribution in [1.82, 2.24) is 9.38 Å². The Bertz CT molecular complexity index is 1390. The molecular weight excluding hydrogens is 436 g/mol. The molecule has 0 spiro atoms. The van der Waals surface area contributed by atoms with Gasteiger partial charge in [0.1, 0.15) is 24.7 Å². The molecule has 0 saturated carbocycles. The normalized spacial score (nSPS) is 10.9. The van der Waals surface area contributed by atoms with Crippen LogP contribution in [0.25, 0.3) is 16.2 Å². The van der Waals surface area contributed by atoms with Gasteiger partial charge in [-0.15, -0.1) is 11.3 Å². The van der Waals surface area contributed by atoms with Crippen molar-refractivity contribution in [2.24, 2.45) is 0 Å². The summed E-state index contributed by atoms with van der Waals surface area (Å²) in [5.41, 5.74) is 3.78. The average Bonchev–Trinajstić information content (AvgIpc) is 3.44. The highest BCUT2D eigenvalue weighted by molar-refractivity contribution is 7.15. The first-order valence-electron chi connectivity index (χ1n) is 10.3. The van der Waals surface area contributed by atoms with E-state index in [1.807, 2.05) is 84.2 Å². The van der Waals surface area contributed by atoms with Crippen molar-refractivity contribution in [2.75, 3.05) is 0 Å². The van der Waals surface area contributed by atoms with Gasteiger partial charge in [-0.25, -0.2) is 9.78 Å². The molecule has 5 aromatic rings. The minimum absolute atomic E-state index is 0.0117. The van der Waals surface area contributed by atoms with Crippen molar-refractivity contribution in [2.45, 2.75) is 13.2 Å². The maximum atomic E-state index is 11.4. The van der Waals surface area contributed by atoms with Gasteiger partial charge in [0.05, 0.1) is 5.69 Å². The van der Waals surface area contributed by atoms with Crippen LogP contribution >= 0.6 is 11.3 Å². The molecule has 2 aromatic heterocycles. The van der Waals surface area contributed by atoms with Gasteiger partial charge in [-0.2, -0.15) is 0 Å². The quantitative estimate of drug-likeness (QED) is 0.314. The number of aromatic carboxylic acids is 1. The van der Waals surface area contributed by atoms with E-state index in [4.69, 9.17) is 9.47 Å². The number of carbonyl (C=O) groups is 1. The van der Waals surface area contributed by atoms with Crippen LogP contribution in [0.15, 0.2) is 90.4 Å². The lowest BCUT2D eigenvalue weighted by Crippen LogP contribution is -2.00. The molecule has 0 aliphatic carbocycles. The second-order valence-electron chi connectivity index (χ2n) is 7.41. The van der Waals surface area contributed by atoms with E-state index >= 15 is 0 Å². The van der Waals surface area contributed by atoms with Gasteiger partial charge >= 0.3 is 5.97 Å². The molecule has 0 fully saturated rings. The molecule has 1 N–H and O–H groups in total. The van der Waals surface area contributed by atoms with Crippen LogP contribution in [0.3, 0.4) is 0 Å². The summed E-state index contributed by atoms with van der Waals surface area (Å²) in [6, 6.07) is 25.6. The SMILES string of the molecule is O=C(O)c1cn2c(-c3ccc(OCc4ccccc4)cc3OCc3ccccc3)csc2n1. The molecule has 164 valence electrons. The van der Waals surface area contributed by atoms with E-state index in [0.717, 1.165) is 22.4 Å². The summed E-state index contributed by atoms with van der Waals surface area (Å²) in [5.74, 6) is 0.283. The lowest BCUT2D eigenvalue weighted by Gasteiger charge is -2.14. The molecule has 0 aliphatic rings. The van der Waals surface area contributed by atoms with Gasteiger partial charge in [0.15, 0.2) is 10.7 Å². The van der Waals surface area contributed by atoms with Gasteiger partial charge in [0.25, 0.3) is 0 Å². The van der Waals surface area contributed by atoms with Crippen molar-refractivity contribution < 1.29 is 19.4 Å². The molecular formula is C26H20N2O4S. The van der Waals surface area contributed by atoms with Crippen LogP contribution in [-0.2, 0) is 13.2 Å². The standard InChI is InChI=1S/C26H20N2O4S/c29-25(30)22-14-28-23(17-33-26(28)27-22)21-12-11-20(31-15-18-7-3-1-4-8-18)13-24(21)32-16-19-9-5-2-6-10-19/h1-14,17H,15-16H2,(H,29,30). The summed E-state index contributed by atoms with van der Waals surface area (Å²) in [4.78, 5) is 16.2. The van der Waals surface area contributed by atoms with E-state index < -0.39 is 5.97 Å². The largest absolute Gasteiger partial charge is 0.489 e. The van der Waals surface area contributed by atoms with E-state index in [0.29, 0.717) is 29.7 Å². The van der Waals surface area contributed by atoms with Crippen molar-refractivity contribution in [3.8, 4) is 22.8 Å². The molecule has 0 unspecified atom stereocenters. The van der Waals surface area contributed by atoms with E-state index in [2.05, 4.69) is 4.98 Å². The number of carboxylic acids is 1. The number of rotatable bonds is 8. The Labute approximate surface area is 194 Å². The molecule has 0 amide bonds. The van der Waals surface area contributed by atoms with Crippen LogP contribution in [0.4, 0.5) is 0 Å². The predicted molar refractivity (Wildman–Crippen MR) is 127 cm³/mol. The minimum Gasteiger partial charge on any atom is -0.489 e. The van der Waals surface area contributed by atoms with Crippen LogP contribution in [0.2, 0.25) is 0 Å². The minimum atomic E-state index is -1.05. The highest BCUT2D eigenvalue weighted by Crippen LogP contribution is 2.36. The molecule has 6 nitrogen and oxygen atoms in total. The number of carboxylic acid groups (broad SMARTS) is 1. The molecule has 0 saturated heterocycles. The second-order valence-corrected chi connectivity index (χ2v) is 8.25. The molecule has 7 heteroatoms. The summed E-state index contributed by atoms with van der Waals surface area (Å²) in [6.45, 7) is 0.845. The molecule has 33 heavy (non-hydrogen) atoms. The lowest BCUT2D eigenvalue weighted by molar-refractivity contribution is 0.0691. The molecule has 5 rings (SSSR count). The topological polar surface area (TPSA) is 73.1 Å². The maximum absolute atomic E-state index is 11.4. The highest BCUT2D eigenvalue weighted by atomic mass is 32.1. The molecule has 0 aliphatic heterocycles. The van der Waals surface area contributed by atoms with Gasteiger partial charge in [0.2, 0.25) is 0 Å². The Kier molecular flexibility index (Phi) is 5.78. The Morgan fingerprint density at radius 2 is 1.58 bits per heavy atom. The third-order valence-corrected chi connectivity index (χ3v) is 5.98. The number of benzene rings is 3. The molecule has 2 heterocycles. The average molecular weight is 457 g/mol. The number of hydrogen-bond donors (Lipinski definition) is 1. The fourth-order valence-corrected chi connectivity index (χ4v) is 4.35. The Morgan fingerprint density at radius 3 is 2.24 bits per heavy atom. The summed E-state index contributed by atoms with van der Waals surface area (Å²) in [5, 5.41) is 11.3. The number of imidazole rings is 1. The zero-order valence-electron chi connectivity index (χ0n) is 17.5. The zero-order valence-corrected chi connectivity index (χ0v) is 18.4. The summed E-state index contributed by atoms with van der Waals surface area (Å²) >= 11 is 1.38. The van der Waals surface area contributed by atoms with E-state index in [-0.39, 0.29) is 5.69 Å². The van der Waals surface area contributed by atoms with Gasteiger partial charge in [-0.1, -0.05) is 60.7 Å². The summed E-state index contributed by atoms with van der Waals surface area (Å²) in [6.07, 6.45) is 1.53. The number of thiazole rings is 1. The third-order valence-electron chi connectivity index (χ3n) is 5.14. The molecule has 0 atom stereocenters. The number of ether oxygens (including phenoxy) is 2. The lowest BCUT2D eigenvalue weighted by atomic mass is 10.1. The predicted octanol–water partition coefficient (Wildman–Crippen LogP) is 5.92. The summed E-state index contributed by atoms with van der Waals surface area (Å²) in [7, 11) is 0. The van der Waals surface area contributed by atoms with Crippen LogP contribution in [-0.4, -0.2) is 20.5 Å². The van der Waals surface area contributed by atoms with Crippen molar-refractivity contribution in [3.63, 3.8) is 0 Å². The highest BCUT2D eigenvalue weighted by Gasteiger charge is 2.17. The molecule has 3 aromatic carbocycles. The van der Waals surface area contributed by atoms with Crippen LogP contribution in [0.5, 0.6) is 11.5 Å². The first-order chi connectivity index (χ1) is 16.2. The fraction of sp³-hybridized carbons (Fsp3) is 0.0769. The Balaban J connectivity index is 1.48. The smallest absolute Gasteiger partial charge is 0.356 e. The maximum Gasteiger partial charge on any atom is 0.356 e. The molecule has 0 bridgehead atoms. The van der Waals surface area contributed by atoms with Crippen molar-refractivity contribution >= 4 is 22.3 Å². The Morgan fingerprint density at radius 1 is 0.909 bits per heavy atom. The van der Waals surface area contributed by atoms with E-state index in [1.54, 1.807) is 4.40 Å². The van der Waals surface area contributed by atoms with Gasteiger partial charge in [-0.3, -0.25) is 4.40 Å². The van der Waals surface area contributed by atoms with Gasteiger partial charge < -0.3 is 14.6 Å².